The minimum Gasteiger partial charge on any atom is -0.465 e. The number of carbonyl (C=O) groups excluding carboxylic acids is 3. The van der Waals surface area contributed by atoms with Gasteiger partial charge in [0.15, 0.2) is 5.03 Å². The maximum Gasteiger partial charge on any atom is 0.337 e. The molecule has 0 aliphatic carbocycles. The van der Waals surface area contributed by atoms with E-state index in [0.29, 0.717) is 12.0 Å². The van der Waals surface area contributed by atoms with Crippen LogP contribution in [0.15, 0.2) is 90.0 Å². The second kappa shape index (κ2) is 15.4. The molecule has 0 aliphatic heterocycles. The Hall–Kier alpha value is -5.26. The summed E-state index contributed by atoms with van der Waals surface area (Å²) in [7, 11) is 1.30. The summed E-state index contributed by atoms with van der Waals surface area (Å²) in [6, 6.07) is 24.2. The van der Waals surface area contributed by atoms with Gasteiger partial charge in [0.2, 0.25) is 11.8 Å². The Balaban J connectivity index is 1.74. The Labute approximate surface area is 237 Å². The van der Waals surface area contributed by atoms with E-state index < -0.39 is 28.9 Å². The van der Waals surface area contributed by atoms with Crippen LogP contribution in [-0.2, 0) is 20.9 Å². The van der Waals surface area contributed by atoms with Crippen molar-refractivity contribution in [3.05, 3.63) is 117 Å². The van der Waals surface area contributed by atoms with Crippen LogP contribution < -0.4 is 21.7 Å². The van der Waals surface area contributed by atoms with Crippen molar-refractivity contribution in [1.82, 2.24) is 16.0 Å². The first-order chi connectivity index (χ1) is 19.8. The summed E-state index contributed by atoms with van der Waals surface area (Å²) in [6.07, 6.45) is 0.565. The Morgan fingerprint density at radius 1 is 0.902 bits per heavy atom. The van der Waals surface area contributed by atoms with Crippen LogP contribution in [0.1, 0.15) is 45.8 Å². The molecule has 0 radical (unpaired) electrons. The minimum atomic E-state index is -0.915. The van der Waals surface area contributed by atoms with Gasteiger partial charge in [0, 0.05) is 13.1 Å². The number of hydrogen-bond donors (Lipinski definition) is 4. The van der Waals surface area contributed by atoms with Crippen molar-refractivity contribution in [2.45, 2.75) is 31.3 Å². The molecule has 0 bridgehead atoms. The average Bonchev–Trinajstić information content (AvgIpc) is 2.98. The first-order valence-electron chi connectivity index (χ1n) is 12.9. The van der Waals surface area contributed by atoms with E-state index in [1.54, 1.807) is 24.3 Å². The van der Waals surface area contributed by atoms with Gasteiger partial charge in [-0.15, -0.1) is 0 Å². The quantitative estimate of drug-likeness (QED) is 0.0614. The van der Waals surface area contributed by atoms with Crippen LogP contribution in [0.25, 0.3) is 0 Å². The van der Waals surface area contributed by atoms with Crippen LogP contribution in [-0.4, -0.2) is 48.5 Å². The SMILES string of the molecule is COC(=O)c1ccc(CNC(=O)[C@@H](CCCN/C(N)=N\[N+](=O)[O-])NC(=O)C(c2ccccc2)c2ccccc2)cc1. The molecule has 0 heterocycles. The number of carbonyl (C=O) groups is 3. The summed E-state index contributed by atoms with van der Waals surface area (Å²) in [5, 5.41) is 20.9. The number of nitro groups is 1. The van der Waals surface area contributed by atoms with Crippen molar-refractivity contribution in [2.24, 2.45) is 10.8 Å². The van der Waals surface area contributed by atoms with E-state index in [0.717, 1.165) is 16.7 Å². The van der Waals surface area contributed by atoms with Crippen LogP contribution in [0.4, 0.5) is 0 Å². The summed E-state index contributed by atoms with van der Waals surface area (Å²) in [5.74, 6) is -2.25. The molecule has 3 aromatic rings. The van der Waals surface area contributed by atoms with Gasteiger partial charge in [-0.25, -0.2) is 14.9 Å². The Bertz CT molecular complexity index is 1310. The molecule has 0 saturated heterocycles. The number of methoxy groups -OCH3 is 1. The molecule has 0 saturated carbocycles. The van der Waals surface area contributed by atoms with Crippen LogP contribution in [0.2, 0.25) is 0 Å². The monoisotopic (exact) mass is 560 g/mol. The predicted molar refractivity (Wildman–Crippen MR) is 152 cm³/mol. The third kappa shape index (κ3) is 9.46. The van der Waals surface area contributed by atoms with Crippen molar-refractivity contribution in [3.8, 4) is 0 Å². The summed E-state index contributed by atoms with van der Waals surface area (Å²) in [5.41, 5.74) is 8.14. The lowest BCUT2D eigenvalue weighted by atomic mass is 9.90. The first-order valence-corrected chi connectivity index (χ1v) is 12.9. The number of rotatable bonds is 13. The van der Waals surface area contributed by atoms with E-state index in [2.05, 4.69) is 21.1 Å². The van der Waals surface area contributed by atoms with Gasteiger partial charge in [0.1, 0.15) is 11.1 Å². The number of nitrogens with two attached hydrogens (primary N) is 1. The van der Waals surface area contributed by atoms with E-state index in [9.17, 15) is 24.5 Å². The fourth-order valence-electron chi connectivity index (χ4n) is 4.14. The second-order valence-corrected chi connectivity index (χ2v) is 9.01. The number of guanidine groups is 1. The standard InChI is InChI=1S/C29H32N6O6/c1-41-28(38)23-16-14-20(15-17-23)19-32-26(36)24(13-8-18-31-29(30)34-35(39)40)33-27(37)25(21-9-4-2-5-10-21)22-11-6-3-7-12-22/h2-7,9-12,14-17,24-25H,8,13,18-19H2,1H3,(H,32,36)(H,33,37)(H3,30,31,34)/t24-/m1/s1. The van der Waals surface area contributed by atoms with Crippen molar-refractivity contribution in [2.75, 3.05) is 13.7 Å². The highest BCUT2D eigenvalue weighted by atomic mass is 16.7. The lowest BCUT2D eigenvalue weighted by molar-refractivity contribution is -0.485. The van der Waals surface area contributed by atoms with Crippen LogP contribution in [0, 0.1) is 10.1 Å². The molecule has 5 N–H and O–H groups in total. The van der Waals surface area contributed by atoms with Gasteiger partial charge in [-0.1, -0.05) is 72.8 Å². The molecule has 0 spiro atoms. The number of nitrogens with one attached hydrogen (secondary N) is 3. The fraction of sp³-hybridized carbons (Fsp3) is 0.241. The van der Waals surface area contributed by atoms with Crippen LogP contribution in [0.3, 0.4) is 0 Å². The molecule has 12 heteroatoms. The molecule has 12 nitrogen and oxygen atoms in total. The largest absolute Gasteiger partial charge is 0.465 e. The number of esters is 1. The highest BCUT2D eigenvalue weighted by Gasteiger charge is 2.27. The molecule has 1 atom stereocenters. The summed E-state index contributed by atoms with van der Waals surface area (Å²) >= 11 is 0. The molecular formula is C29H32N6O6. The maximum atomic E-state index is 13.7. The number of benzene rings is 3. The number of ether oxygens (including phenoxy) is 1. The summed E-state index contributed by atoms with van der Waals surface area (Å²) in [6.45, 7) is 0.354. The maximum absolute atomic E-state index is 13.7. The number of hydrogen-bond acceptors (Lipinski definition) is 6. The zero-order chi connectivity index (χ0) is 29.6. The molecule has 2 amide bonds. The van der Waals surface area contributed by atoms with Crippen LogP contribution in [0.5, 0.6) is 0 Å². The summed E-state index contributed by atoms with van der Waals surface area (Å²) < 4.78 is 4.70. The molecule has 0 aliphatic rings. The van der Waals surface area contributed by atoms with E-state index in [1.165, 1.54) is 7.11 Å². The average molecular weight is 561 g/mol. The van der Waals surface area contributed by atoms with Crippen molar-refractivity contribution >= 4 is 23.7 Å². The summed E-state index contributed by atoms with van der Waals surface area (Å²) in [4.78, 5) is 49.1. The zero-order valence-electron chi connectivity index (χ0n) is 22.5. The minimum absolute atomic E-state index is 0.161. The highest BCUT2D eigenvalue weighted by Crippen LogP contribution is 2.25. The third-order valence-corrected chi connectivity index (χ3v) is 6.17. The number of nitrogens with zero attached hydrogens (tertiary/aromatic N) is 2. The lowest BCUT2D eigenvalue weighted by Gasteiger charge is -2.23. The van der Waals surface area contributed by atoms with E-state index in [1.807, 2.05) is 60.7 Å². The Morgan fingerprint density at radius 3 is 2.02 bits per heavy atom. The highest BCUT2D eigenvalue weighted by molar-refractivity contribution is 5.92. The topological polar surface area (TPSA) is 178 Å². The van der Waals surface area contributed by atoms with Gasteiger partial charge in [-0.05, 0) is 41.7 Å². The molecule has 3 aromatic carbocycles. The van der Waals surface area contributed by atoms with E-state index in [4.69, 9.17) is 10.5 Å². The van der Waals surface area contributed by atoms with Gasteiger partial charge in [-0.3, -0.25) is 9.59 Å². The van der Waals surface area contributed by atoms with Gasteiger partial charge >= 0.3 is 5.97 Å². The number of amides is 2. The molecule has 0 fully saturated rings. The van der Waals surface area contributed by atoms with Gasteiger partial charge in [0.25, 0.3) is 5.96 Å². The molecular weight excluding hydrogens is 528 g/mol. The second-order valence-electron chi connectivity index (χ2n) is 9.01. The van der Waals surface area contributed by atoms with E-state index in [-0.39, 0.29) is 31.4 Å². The molecule has 0 unspecified atom stereocenters. The van der Waals surface area contributed by atoms with Gasteiger partial charge in [0.05, 0.1) is 18.6 Å². The van der Waals surface area contributed by atoms with Crippen molar-refractivity contribution < 1.29 is 24.2 Å². The van der Waals surface area contributed by atoms with Crippen molar-refractivity contribution in [1.29, 1.82) is 0 Å². The van der Waals surface area contributed by atoms with Gasteiger partial charge in [-0.2, -0.15) is 0 Å². The fourth-order valence-corrected chi connectivity index (χ4v) is 4.14. The smallest absolute Gasteiger partial charge is 0.337 e. The Morgan fingerprint density at radius 2 is 1.49 bits per heavy atom. The zero-order valence-corrected chi connectivity index (χ0v) is 22.5. The Kier molecular flexibility index (Phi) is 11.3. The molecule has 41 heavy (non-hydrogen) atoms. The normalized spacial score (nSPS) is 11.8. The number of hydrazone groups is 1. The lowest BCUT2D eigenvalue weighted by Crippen LogP contribution is -2.48. The molecule has 214 valence electrons. The molecule has 3 rings (SSSR count). The van der Waals surface area contributed by atoms with E-state index >= 15 is 0 Å². The van der Waals surface area contributed by atoms with Crippen molar-refractivity contribution in [3.63, 3.8) is 0 Å². The van der Waals surface area contributed by atoms with Crippen LogP contribution >= 0.6 is 0 Å². The third-order valence-electron chi connectivity index (χ3n) is 6.17. The molecule has 0 aromatic heterocycles. The first kappa shape index (κ1) is 30.3. The van der Waals surface area contributed by atoms with Gasteiger partial charge < -0.3 is 26.4 Å². The predicted octanol–water partition coefficient (Wildman–Crippen LogP) is 2.28.